The molecule has 36 heavy (non-hydrogen) atoms. The molecule has 0 aliphatic carbocycles. The molecule has 1 aliphatic heterocycles. The molecular formula is C24H23F2N7O2S. The molecule has 2 amide bonds. The van der Waals surface area contributed by atoms with Gasteiger partial charge in [0.25, 0.3) is 0 Å². The molecule has 9 nitrogen and oxygen atoms in total. The molecule has 0 atom stereocenters. The van der Waals surface area contributed by atoms with E-state index in [1.54, 1.807) is 6.92 Å². The van der Waals surface area contributed by atoms with Gasteiger partial charge in [0.2, 0.25) is 5.95 Å². The smallest absolute Gasteiger partial charge is 0.321 e. The Morgan fingerprint density at radius 3 is 2.64 bits per heavy atom. The predicted molar refractivity (Wildman–Crippen MR) is 134 cm³/mol. The molecular weight excluding hydrogens is 488 g/mol. The zero-order chi connectivity index (χ0) is 25.2. The largest absolute Gasteiger partial charge is 0.393 e. The molecule has 4 aromatic rings. The molecule has 5 rings (SSSR count). The van der Waals surface area contributed by atoms with Crippen molar-refractivity contribution < 1.29 is 18.7 Å². The van der Waals surface area contributed by atoms with Crippen LogP contribution in [-0.2, 0) is 0 Å². The fraction of sp³-hybridized carbons (Fsp3) is 0.292. The van der Waals surface area contributed by atoms with Crippen LogP contribution < -0.4 is 15.5 Å². The van der Waals surface area contributed by atoms with Crippen molar-refractivity contribution in [3.8, 4) is 22.4 Å². The summed E-state index contributed by atoms with van der Waals surface area (Å²) >= 11 is 1.03. The number of carbonyl (C=O) groups excluding carboxylic acids is 1. The average molecular weight is 512 g/mol. The molecule has 0 radical (unpaired) electrons. The Morgan fingerprint density at radius 1 is 1.19 bits per heavy atom. The number of aliphatic hydroxyl groups excluding tert-OH is 1. The van der Waals surface area contributed by atoms with E-state index in [2.05, 4.69) is 30.6 Å². The number of amides is 2. The van der Waals surface area contributed by atoms with Crippen LogP contribution in [0, 0.1) is 11.6 Å². The van der Waals surface area contributed by atoms with Crippen molar-refractivity contribution in [1.29, 1.82) is 0 Å². The summed E-state index contributed by atoms with van der Waals surface area (Å²) in [4.78, 5) is 31.2. The van der Waals surface area contributed by atoms with Crippen molar-refractivity contribution in [3.63, 3.8) is 0 Å². The highest BCUT2D eigenvalue weighted by molar-refractivity contribution is 7.22. The molecule has 3 N–H and O–H groups in total. The molecule has 186 valence electrons. The molecule has 3 aromatic heterocycles. The molecule has 0 unspecified atom stereocenters. The second kappa shape index (κ2) is 10.1. The van der Waals surface area contributed by atoms with E-state index in [-0.39, 0.29) is 28.0 Å². The van der Waals surface area contributed by atoms with E-state index in [0.29, 0.717) is 54.3 Å². The van der Waals surface area contributed by atoms with Gasteiger partial charge in [0.05, 0.1) is 10.8 Å². The summed E-state index contributed by atoms with van der Waals surface area (Å²) in [5, 5.41) is 15.1. The Balaban J connectivity index is 1.59. The third kappa shape index (κ3) is 4.69. The van der Waals surface area contributed by atoms with Crippen LogP contribution >= 0.6 is 11.3 Å². The number of aliphatic hydroxyl groups is 1. The number of pyridine rings is 1. The fourth-order valence-electron chi connectivity index (χ4n) is 4.07. The number of thiazole rings is 1. The minimum absolute atomic E-state index is 0.0153. The lowest BCUT2D eigenvalue weighted by Crippen LogP contribution is -2.36. The number of urea groups is 1. The minimum Gasteiger partial charge on any atom is -0.393 e. The molecule has 1 saturated heterocycles. The van der Waals surface area contributed by atoms with Gasteiger partial charge >= 0.3 is 6.03 Å². The maximum Gasteiger partial charge on any atom is 0.321 e. The second-order valence-electron chi connectivity index (χ2n) is 8.29. The number of carbonyl (C=O) groups is 1. The monoisotopic (exact) mass is 511 g/mol. The fourth-order valence-corrected chi connectivity index (χ4v) is 5.04. The van der Waals surface area contributed by atoms with E-state index < -0.39 is 17.7 Å². The van der Waals surface area contributed by atoms with Gasteiger partial charge in [-0.15, -0.1) is 0 Å². The van der Waals surface area contributed by atoms with Crippen LogP contribution in [0.1, 0.15) is 19.8 Å². The molecule has 1 aliphatic rings. The van der Waals surface area contributed by atoms with Gasteiger partial charge < -0.3 is 15.3 Å². The zero-order valence-electron chi connectivity index (χ0n) is 19.3. The van der Waals surface area contributed by atoms with Crippen molar-refractivity contribution in [2.24, 2.45) is 0 Å². The van der Waals surface area contributed by atoms with Gasteiger partial charge in [-0.25, -0.2) is 28.5 Å². The highest BCUT2D eigenvalue weighted by Crippen LogP contribution is 2.41. The van der Waals surface area contributed by atoms with Crippen molar-refractivity contribution in [2.75, 3.05) is 29.9 Å². The Labute approximate surface area is 209 Å². The topological polar surface area (TPSA) is 116 Å². The van der Waals surface area contributed by atoms with Crippen LogP contribution in [0.5, 0.6) is 0 Å². The summed E-state index contributed by atoms with van der Waals surface area (Å²) < 4.78 is 30.8. The maximum atomic E-state index is 15.8. The third-order valence-electron chi connectivity index (χ3n) is 5.87. The van der Waals surface area contributed by atoms with Gasteiger partial charge in [-0.1, -0.05) is 11.3 Å². The standard InChI is InChI=1S/C24H23F2N7O2S/c1-2-27-23(35)32-24-31-20-18(26)15(10-16(21(20)36-24)19-17(25)4-3-7-28-19)13-11-29-22(30-12-13)33-8-5-14(34)6-9-33/h3-4,7,10-12,14,34H,2,5-6,8-9H2,1H3,(H2,27,31,32,35). The normalized spacial score (nSPS) is 14.3. The van der Waals surface area contributed by atoms with E-state index in [1.165, 1.54) is 36.8 Å². The SMILES string of the molecule is CCNC(=O)Nc1nc2c(F)c(-c3cnc(N4CCC(O)CC4)nc3)cc(-c3ncccc3F)c2s1. The molecule has 0 bridgehead atoms. The lowest BCUT2D eigenvalue weighted by molar-refractivity contribution is 0.145. The number of rotatable bonds is 5. The Bertz CT molecular complexity index is 1410. The summed E-state index contributed by atoms with van der Waals surface area (Å²) in [6.45, 7) is 3.44. The quantitative estimate of drug-likeness (QED) is 0.368. The number of nitrogens with one attached hydrogen (secondary N) is 2. The van der Waals surface area contributed by atoms with Gasteiger partial charge in [-0.05, 0) is 38.0 Å². The van der Waals surface area contributed by atoms with Crippen LogP contribution in [0.2, 0.25) is 0 Å². The van der Waals surface area contributed by atoms with Crippen molar-refractivity contribution >= 4 is 38.7 Å². The number of hydrogen-bond donors (Lipinski definition) is 3. The number of benzene rings is 1. The number of nitrogens with zero attached hydrogens (tertiary/aromatic N) is 5. The Morgan fingerprint density at radius 2 is 1.94 bits per heavy atom. The number of halogens is 2. The van der Waals surface area contributed by atoms with E-state index in [9.17, 15) is 14.3 Å². The lowest BCUT2D eigenvalue weighted by Gasteiger charge is -2.29. The first kappa shape index (κ1) is 23.9. The molecule has 1 fully saturated rings. The molecule has 0 saturated carbocycles. The average Bonchev–Trinajstić information content (AvgIpc) is 3.30. The van der Waals surface area contributed by atoms with Gasteiger partial charge in [-0.3, -0.25) is 10.3 Å². The third-order valence-corrected chi connectivity index (χ3v) is 6.88. The highest BCUT2D eigenvalue weighted by Gasteiger charge is 2.23. The maximum absolute atomic E-state index is 15.8. The zero-order valence-corrected chi connectivity index (χ0v) is 20.1. The predicted octanol–water partition coefficient (Wildman–Crippen LogP) is 4.20. The van der Waals surface area contributed by atoms with Crippen LogP contribution in [0.4, 0.5) is 24.7 Å². The van der Waals surface area contributed by atoms with Crippen molar-refractivity contribution in [2.45, 2.75) is 25.9 Å². The van der Waals surface area contributed by atoms with Gasteiger partial charge in [0.1, 0.15) is 17.0 Å². The summed E-state index contributed by atoms with van der Waals surface area (Å²) in [6, 6.07) is 3.78. The van der Waals surface area contributed by atoms with Crippen LogP contribution in [0.3, 0.4) is 0 Å². The summed E-state index contributed by atoms with van der Waals surface area (Å²) in [6.07, 6.45) is 5.41. The Hall–Kier alpha value is -3.77. The first-order chi connectivity index (χ1) is 17.4. The Kier molecular flexibility index (Phi) is 6.70. The molecule has 0 spiro atoms. The number of anilines is 2. The van der Waals surface area contributed by atoms with Gasteiger partial charge in [0.15, 0.2) is 10.9 Å². The van der Waals surface area contributed by atoms with Crippen LogP contribution in [0.25, 0.3) is 32.6 Å². The van der Waals surface area contributed by atoms with E-state index in [0.717, 1.165) is 11.3 Å². The second-order valence-corrected chi connectivity index (χ2v) is 9.29. The van der Waals surface area contributed by atoms with Crippen molar-refractivity contribution in [1.82, 2.24) is 25.3 Å². The lowest BCUT2D eigenvalue weighted by atomic mass is 10.0. The van der Waals surface area contributed by atoms with Crippen LogP contribution in [-0.4, -0.2) is 56.8 Å². The molecule has 1 aromatic carbocycles. The van der Waals surface area contributed by atoms with E-state index in [1.807, 2.05) is 4.90 Å². The van der Waals surface area contributed by atoms with Crippen LogP contribution in [0.15, 0.2) is 36.8 Å². The summed E-state index contributed by atoms with van der Waals surface area (Å²) in [7, 11) is 0. The van der Waals surface area contributed by atoms with Gasteiger partial charge in [-0.2, -0.15) is 0 Å². The summed E-state index contributed by atoms with van der Waals surface area (Å²) in [5.41, 5.74) is 0.895. The van der Waals surface area contributed by atoms with Gasteiger partial charge in [0, 0.05) is 54.9 Å². The molecule has 4 heterocycles. The van der Waals surface area contributed by atoms with E-state index in [4.69, 9.17) is 0 Å². The first-order valence-corrected chi connectivity index (χ1v) is 12.3. The summed E-state index contributed by atoms with van der Waals surface area (Å²) in [5.74, 6) is -0.713. The number of hydrogen-bond acceptors (Lipinski definition) is 8. The first-order valence-electron chi connectivity index (χ1n) is 11.5. The van der Waals surface area contributed by atoms with E-state index >= 15 is 4.39 Å². The molecule has 12 heteroatoms. The minimum atomic E-state index is -0.636. The highest BCUT2D eigenvalue weighted by atomic mass is 32.1. The number of piperidine rings is 1. The number of fused-ring (bicyclic) bond motifs is 1. The number of aromatic nitrogens is 4. The van der Waals surface area contributed by atoms with Crippen molar-refractivity contribution in [3.05, 3.63) is 48.4 Å².